The molecule has 1 aromatic heterocycles. The predicted molar refractivity (Wildman–Crippen MR) is 80.8 cm³/mol. The molecule has 0 saturated heterocycles. The number of aromatic amines is 1. The van der Waals surface area contributed by atoms with Gasteiger partial charge in [0, 0.05) is 6.42 Å². The monoisotopic (exact) mass is 282 g/mol. The van der Waals surface area contributed by atoms with Crippen LogP contribution in [0.15, 0.2) is 53.7 Å². The van der Waals surface area contributed by atoms with Crippen molar-refractivity contribution in [1.82, 2.24) is 9.97 Å². The molecule has 0 fully saturated rings. The van der Waals surface area contributed by atoms with Gasteiger partial charge in [-0.15, -0.1) is 0 Å². The fourth-order valence-electron chi connectivity index (χ4n) is 2.78. The molecule has 2 atom stereocenters. The number of aliphatic hydroxyl groups excluding tert-OH is 1. The SMILES string of the molecule is O[C@H]1Cc2ccccc2[C@H]1Sc1nc2ccccc2[nH]1. The summed E-state index contributed by atoms with van der Waals surface area (Å²) in [4.78, 5) is 7.89. The van der Waals surface area contributed by atoms with Crippen molar-refractivity contribution in [3.8, 4) is 0 Å². The average Bonchev–Trinajstić information content (AvgIpc) is 3.00. The molecule has 3 nitrogen and oxygen atoms in total. The van der Waals surface area contributed by atoms with E-state index in [1.807, 2.05) is 36.4 Å². The standard InChI is InChI=1S/C16H14N2OS/c19-14-9-10-5-1-2-6-11(10)15(14)20-16-17-12-7-3-4-8-13(12)18-16/h1-8,14-15,19H,9H2,(H,17,18)/t14-,15+/m0/s1. The smallest absolute Gasteiger partial charge is 0.167 e. The lowest BCUT2D eigenvalue weighted by Gasteiger charge is -2.13. The van der Waals surface area contributed by atoms with E-state index >= 15 is 0 Å². The topological polar surface area (TPSA) is 48.9 Å². The normalized spacial score (nSPS) is 21.2. The van der Waals surface area contributed by atoms with E-state index in [2.05, 4.69) is 22.1 Å². The third-order valence-electron chi connectivity index (χ3n) is 3.75. The number of nitrogens with zero attached hydrogens (tertiary/aromatic N) is 1. The van der Waals surface area contributed by atoms with E-state index in [-0.39, 0.29) is 11.4 Å². The van der Waals surface area contributed by atoms with Crippen LogP contribution in [0.1, 0.15) is 16.4 Å². The third kappa shape index (κ3) is 1.92. The van der Waals surface area contributed by atoms with Gasteiger partial charge in [-0.2, -0.15) is 0 Å². The minimum Gasteiger partial charge on any atom is -0.391 e. The summed E-state index contributed by atoms with van der Waals surface area (Å²) < 4.78 is 0. The second kappa shape index (κ2) is 4.65. The maximum Gasteiger partial charge on any atom is 0.167 e. The highest BCUT2D eigenvalue weighted by Gasteiger charge is 2.32. The second-order valence-electron chi connectivity index (χ2n) is 5.07. The maximum atomic E-state index is 10.3. The molecule has 0 aliphatic heterocycles. The molecule has 20 heavy (non-hydrogen) atoms. The molecule has 100 valence electrons. The van der Waals surface area contributed by atoms with Crippen molar-refractivity contribution in [2.45, 2.75) is 22.9 Å². The van der Waals surface area contributed by atoms with Crippen molar-refractivity contribution in [3.05, 3.63) is 59.7 Å². The number of benzene rings is 2. The van der Waals surface area contributed by atoms with Crippen LogP contribution in [0.25, 0.3) is 11.0 Å². The van der Waals surface area contributed by atoms with Crippen molar-refractivity contribution < 1.29 is 5.11 Å². The lowest BCUT2D eigenvalue weighted by atomic mass is 10.1. The summed E-state index contributed by atoms with van der Waals surface area (Å²) in [6.07, 6.45) is 0.388. The number of imidazole rings is 1. The Morgan fingerprint density at radius 1 is 1.10 bits per heavy atom. The highest BCUT2D eigenvalue weighted by atomic mass is 32.2. The van der Waals surface area contributed by atoms with Gasteiger partial charge in [-0.1, -0.05) is 48.2 Å². The summed E-state index contributed by atoms with van der Waals surface area (Å²) in [7, 11) is 0. The van der Waals surface area contributed by atoms with Gasteiger partial charge in [0.1, 0.15) is 0 Å². The number of H-pyrrole nitrogens is 1. The van der Waals surface area contributed by atoms with E-state index in [1.165, 1.54) is 11.1 Å². The maximum absolute atomic E-state index is 10.3. The average molecular weight is 282 g/mol. The predicted octanol–water partition coefficient (Wildman–Crippen LogP) is 3.31. The zero-order chi connectivity index (χ0) is 13.5. The molecule has 0 bridgehead atoms. The van der Waals surface area contributed by atoms with Gasteiger partial charge in [0.05, 0.1) is 22.4 Å². The highest BCUT2D eigenvalue weighted by Crippen LogP contribution is 2.44. The number of nitrogens with one attached hydrogen (secondary N) is 1. The van der Waals surface area contributed by atoms with E-state index in [1.54, 1.807) is 11.8 Å². The summed E-state index contributed by atoms with van der Waals surface area (Å²) >= 11 is 1.61. The third-order valence-corrected chi connectivity index (χ3v) is 4.99. The molecule has 3 aromatic rings. The van der Waals surface area contributed by atoms with Gasteiger partial charge in [-0.05, 0) is 23.3 Å². The van der Waals surface area contributed by atoms with Crippen molar-refractivity contribution >= 4 is 22.8 Å². The number of para-hydroxylation sites is 2. The summed E-state index contributed by atoms with van der Waals surface area (Å²) in [5.74, 6) is 0. The van der Waals surface area contributed by atoms with Crippen LogP contribution in [0.3, 0.4) is 0 Å². The van der Waals surface area contributed by atoms with Crippen LogP contribution < -0.4 is 0 Å². The Hall–Kier alpha value is -1.78. The Morgan fingerprint density at radius 3 is 2.80 bits per heavy atom. The highest BCUT2D eigenvalue weighted by molar-refractivity contribution is 7.99. The van der Waals surface area contributed by atoms with Gasteiger partial charge < -0.3 is 10.1 Å². The molecule has 0 amide bonds. The number of aromatic nitrogens is 2. The first kappa shape index (κ1) is 12.0. The fourth-order valence-corrected chi connectivity index (χ4v) is 3.96. The molecular formula is C16H14N2OS. The molecule has 1 heterocycles. The molecule has 0 spiro atoms. The lowest BCUT2D eigenvalue weighted by Crippen LogP contribution is -2.10. The minimum atomic E-state index is -0.342. The minimum absolute atomic E-state index is 0.0618. The van der Waals surface area contributed by atoms with Gasteiger partial charge >= 0.3 is 0 Å². The van der Waals surface area contributed by atoms with Gasteiger partial charge in [0.15, 0.2) is 5.16 Å². The molecule has 1 aliphatic carbocycles. The van der Waals surface area contributed by atoms with Crippen LogP contribution in [0.4, 0.5) is 0 Å². The Bertz CT molecular complexity index is 735. The summed E-state index contributed by atoms with van der Waals surface area (Å²) in [6.45, 7) is 0. The Labute approximate surface area is 121 Å². The fraction of sp³-hybridized carbons (Fsp3) is 0.188. The van der Waals surface area contributed by atoms with Crippen molar-refractivity contribution in [2.75, 3.05) is 0 Å². The van der Waals surface area contributed by atoms with Crippen LogP contribution in [-0.4, -0.2) is 21.2 Å². The van der Waals surface area contributed by atoms with Crippen LogP contribution in [0, 0.1) is 0 Å². The lowest BCUT2D eigenvalue weighted by molar-refractivity contribution is 0.184. The van der Waals surface area contributed by atoms with Crippen molar-refractivity contribution in [3.63, 3.8) is 0 Å². The second-order valence-corrected chi connectivity index (χ2v) is 6.20. The molecule has 4 rings (SSSR count). The molecule has 2 aromatic carbocycles. The number of aliphatic hydroxyl groups is 1. The first-order valence-corrected chi connectivity index (χ1v) is 7.56. The molecular weight excluding hydrogens is 268 g/mol. The van der Waals surface area contributed by atoms with Crippen LogP contribution in [0.2, 0.25) is 0 Å². The largest absolute Gasteiger partial charge is 0.391 e. The number of fused-ring (bicyclic) bond motifs is 2. The zero-order valence-electron chi connectivity index (χ0n) is 10.8. The van der Waals surface area contributed by atoms with Gasteiger partial charge in [0.25, 0.3) is 0 Å². The Balaban J connectivity index is 1.68. The van der Waals surface area contributed by atoms with Crippen molar-refractivity contribution in [2.24, 2.45) is 0 Å². The number of rotatable bonds is 2. The molecule has 0 saturated carbocycles. The van der Waals surface area contributed by atoms with E-state index < -0.39 is 0 Å². The van der Waals surface area contributed by atoms with Gasteiger partial charge in [-0.25, -0.2) is 4.98 Å². The molecule has 2 N–H and O–H groups in total. The van der Waals surface area contributed by atoms with Crippen LogP contribution in [-0.2, 0) is 6.42 Å². The first-order valence-electron chi connectivity index (χ1n) is 6.68. The zero-order valence-corrected chi connectivity index (χ0v) is 11.6. The Morgan fingerprint density at radius 2 is 1.90 bits per heavy atom. The summed E-state index contributed by atoms with van der Waals surface area (Å²) in [5.41, 5.74) is 4.48. The first-order chi connectivity index (χ1) is 9.81. The van der Waals surface area contributed by atoms with Crippen LogP contribution >= 0.6 is 11.8 Å². The van der Waals surface area contributed by atoms with E-state index in [4.69, 9.17) is 0 Å². The van der Waals surface area contributed by atoms with Crippen LogP contribution in [0.5, 0.6) is 0 Å². The Kier molecular flexibility index (Phi) is 2.79. The number of thioether (sulfide) groups is 1. The number of hydrogen-bond donors (Lipinski definition) is 2. The van der Waals surface area contributed by atoms with E-state index in [0.717, 1.165) is 22.6 Å². The number of hydrogen-bond acceptors (Lipinski definition) is 3. The summed E-state index contributed by atoms with van der Waals surface area (Å²) in [6, 6.07) is 16.2. The summed E-state index contributed by atoms with van der Waals surface area (Å²) in [5, 5.41) is 11.2. The quantitative estimate of drug-likeness (QED) is 0.758. The van der Waals surface area contributed by atoms with E-state index in [0.29, 0.717) is 0 Å². The van der Waals surface area contributed by atoms with E-state index in [9.17, 15) is 5.11 Å². The molecule has 1 aliphatic rings. The molecule has 0 unspecified atom stereocenters. The van der Waals surface area contributed by atoms with Gasteiger partial charge in [-0.3, -0.25) is 0 Å². The molecule has 4 heteroatoms. The molecule has 0 radical (unpaired) electrons. The van der Waals surface area contributed by atoms with Gasteiger partial charge in [0.2, 0.25) is 0 Å². The van der Waals surface area contributed by atoms with Crippen molar-refractivity contribution in [1.29, 1.82) is 0 Å².